The van der Waals surface area contributed by atoms with Crippen LogP contribution >= 0.6 is 15.8 Å². The van der Waals surface area contributed by atoms with Gasteiger partial charge in [-0.05, 0) is 74.0 Å². The predicted molar refractivity (Wildman–Crippen MR) is 184 cm³/mol. The maximum absolute atomic E-state index is 2.70. The minimum absolute atomic E-state index is 0.0542. The lowest BCUT2D eigenvalue weighted by Crippen LogP contribution is -2.52. The topological polar surface area (TPSA) is 0 Å². The van der Waals surface area contributed by atoms with Crippen LogP contribution in [0.15, 0.2) is 48.5 Å². The van der Waals surface area contributed by atoms with E-state index in [2.05, 4.69) is 55.1 Å². The third-order valence-electron chi connectivity index (χ3n) is 11.0. The van der Waals surface area contributed by atoms with Crippen molar-refractivity contribution in [2.45, 2.75) is 158 Å². The van der Waals surface area contributed by atoms with Crippen molar-refractivity contribution in [1.82, 2.24) is 0 Å². The van der Waals surface area contributed by atoms with Crippen LogP contribution in [0.1, 0.15) is 128 Å². The Labute approximate surface area is 251 Å². The lowest BCUT2D eigenvalue weighted by molar-refractivity contribution is 0.487. The van der Waals surface area contributed by atoms with Crippen LogP contribution in [-0.4, -0.2) is 31.4 Å². The zero-order valence-corrected chi connectivity index (χ0v) is 28.3. The largest absolute Gasteiger partial charge is 0.253 e. The molecular formula is C37H55P2Si-. The highest BCUT2D eigenvalue weighted by atomic mass is 31.1. The Morgan fingerprint density at radius 2 is 0.700 bits per heavy atom. The van der Waals surface area contributed by atoms with Crippen LogP contribution in [0, 0.1) is 0 Å². The van der Waals surface area contributed by atoms with Crippen molar-refractivity contribution in [3.8, 4) is 0 Å². The smallest absolute Gasteiger partial charge is 0.0167 e. The van der Waals surface area contributed by atoms with Gasteiger partial charge >= 0.3 is 0 Å². The van der Waals surface area contributed by atoms with Gasteiger partial charge in [-0.1, -0.05) is 152 Å². The Kier molecular flexibility index (Phi) is 10.9. The second-order valence-corrected chi connectivity index (χ2v) is 21.5. The predicted octanol–water partition coefficient (Wildman–Crippen LogP) is 9.47. The van der Waals surface area contributed by atoms with Gasteiger partial charge in [0, 0.05) is 0 Å². The normalized spacial score (nSPS) is 22.7. The van der Waals surface area contributed by atoms with E-state index in [9.17, 15) is 0 Å². The van der Waals surface area contributed by atoms with Crippen molar-refractivity contribution in [1.29, 1.82) is 0 Å². The average Bonchev–Trinajstić information content (AvgIpc) is 3.04. The van der Waals surface area contributed by atoms with Gasteiger partial charge in [-0.15, -0.1) is 0 Å². The van der Waals surface area contributed by atoms with Crippen LogP contribution in [0.25, 0.3) is 0 Å². The van der Waals surface area contributed by atoms with Gasteiger partial charge in [0.15, 0.2) is 0 Å². The van der Waals surface area contributed by atoms with Crippen molar-refractivity contribution in [2.24, 2.45) is 0 Å². The maximum atomic E-state index is 2.70. The molecule has 0 heterocycles. The molecule has 6 rings (SSSR count). The second-order valence-electron chi connectivity index (χ2n) is 13.6. The lowest BCUT2D eigenvalue weighted by Gasteiger charge is -2.45. The molecule has 4 aliphatic rings. The van der Waals surface area contributed by atoms with Crippen molar-refractivity contribution in [3.63, 3.8) is 0 Å². The van der Waals surface area contributed by atoms with Crippen molar-refractivity contribution >= 4 is 45.6 Å². The molecule has 0 unspecified atom stereocenters. The molecule has 4 saturated carbocycles. The second kappa shape index (κ2) is 14.8. The van der Waals surface area contributed by atoms with Gasteiger partial charge in [-0.2, -0.15) is 16.9 Å². The van der Waals surface area contributed by atoms with E-state index < -0.39 is 8.80 Å². The Bertz CT molecular complexity index is 924. The molecule has 0 amide bonds. The van der Waals surface area contributed by atoms with Crippen LogP contribution in [0.4, 0.5) is 0 Å². The minimum Gasteiger partial charge on any atom is -0.253 e. The highest BCUT2D eigenvalue weighted by Crippen LogP contribution is 2.56. The van der Waals surface area contributed by atoms with E-state index in [1.165, 1.54) is 128 Å². The van der Waals surface area contributed by atoms with Crippen LogP contribution in [0.3, 0.4) is 0 Å². The molecule has 2 aromatic rings. The third-order valence-corrected chi connectivity index (χ3v) is 21.1. The molecule has 0 saturated heterocycles. The van der Waals surface area contributed by atoms with E-state index in [1.54, 1.807) is 0 Å². The summed E-state index contributed by atoms with van der Waals surface area (Å²) in [7, 11) is -0.920. The molecule has 3 heteroatoms. The van der Waals surface area contributed by atoms with E-state index in [-0.39, 0.29) is 15.8 Å². The molecule has 0 aliphatic heterocycles. The van der Waals surface area contributed by atoms with Gasteiger partial charge in [-0.25, -0.2) is 0 Å². The summed E-state index contributed by atoms with van der Waals surface area (Å²) in [6, 6.07) is 20.1. The van der Waals surface area contributed by atoms with Gasteiger partial charge in [0.2, 0.25) is 0 Å². The fourth-order valence-corrected chi connectivity index (χ4v) is 20.4. The van der Waals surface area contributed by atoms with Gasteiger partial charge in [0.05, 0.1) is 0 Å². The summed E-state index contributed by atoms with van der Waals surface area (Å²) in [5.74, 6) is 0. The summed E-state index contributed by atoms with van der Waals surface area (Å²) in [4.78, 5) is 0. The molecule has 218 valence electrons. The van der Waals surface area contributed by atoms with Crippen LogP contribution in [0.5, 0.6) is 0 Å². The Hall–Kier alpha value is -0.483. The molecule has 0 nitrogen and oxygen atoms in total. The zero-order valence-electron chi connectivity index (χ0n) is 25.5. The number of rotatable bonds is 8. The zero-order chi connectivity index (χ0) is 27.1. The first kappa shape index (κ1) is 29.6. The number of benzene rings is 2. The van der Waals surface area contributed by atoms with E-state index in [0.717, 1.165) is 22.6 Å². The third kappa shape index (κ3) is 6.84. The van der Waals surface area contributed by atoms with E-state index in [0.29, 0.717) is 0 Å². The van der Waals surface area contributed by atoms with Gasteiger partial charge in [0.1, 0.15) is 0 Å². The van der Waals surface area contributed by atoms with E-state index in [4.69, 9.17) is 0 Å². The lowest BCUT2D eigenvalue weighted by atomic mass is 9.99. The van der Waals surface area contributed by atoms with Crippen LogP contribution < -0.4 is 21.0 Å². The molecule has 2 aromatic carbocycles. The summed E-state index contributed by atoms with van der Waals surface area (Å²) >= 11 is 0. The van der Waals surface area contributed by atoms with Crippen LogP contribution in [0.2, 0.25) is 6.55 Å². The standard InChI is InChI=1S/C37H55P2Si/c1-40(36-28-16-14-26-34(36)38(30-18-6-2-7-19-30)31-20-8-3-9-21-31)37-29-17-15-27-35(37)39(32-22-10-4-11-23-32)33-24-12-5-13-25-33/h14-17,26-33H,2-13,18-25H2,1H3/q-1. The van der Waals surface area contributed by atoms with Crippen LogP contribution in [-0.2, 0) is 0 Å². The summed E-state index contributed by atoms with van der Waals surface area (Å²) in [6.07, 6.45) is 29.9. The van der Waals surface area contributed by atoms with E-state index >= 15 is 0 Å². The molecule has 0 bridgehead atoms. The molecule has 0 aromatic heterocycles. The minimum atomic E-state index is -0.812. The highest BCUT2D eigenvalue weighted by molar-refractivity contribution is 7.68. The first-order valence-corrected chi connectivity index (χ1v) is 22.4. The molecule has 0 N–H and O–H groups in total. The first-order chi connectivity index (χ1) is 19.8. The molecule has 4 aliphatic carbocycles. The molecule has 4 fully saturated rings. The number of hydrogen-bond acceptors (Lipinski definition) is 0. The van der Waals surface area contributed by atoms with E-state index in [1.807, 2.05) is 21.0 Å². The molecule has 40 heavy (non-hydrogen) atoms. The fourth-order valence-electron chi connectivity index (χ4n) is 9.00. The summed E-state index contributed by atoms with van der Waals surface area (Å²) in [6.45, 7) is 2.70. The Balaban J connectivity index is 1.38. The fraction of sp³-hybridized carbons (Fsp3) is 0.676. The van der Waals surface area contributed by atoms with Gasteiger partial charge < -0.3 is 0 Å². The van der Waals surface area contributed by atoms with Crippen molar-refractivity contribution in [3.05, 3.63) is 48.5 Å². The quantitative estimate of drug-likeness (QED) is 0.213. The van der Waals surface area contributed by atoms with Gasteiger partial charge in [-0.3, -0.25) is 8.80 Å². The molecule has 0 spiro atoms. The number of hydrogen-bond donors (Lipinski definition) is 0. The maximum Gasteiger partial charge on any atom is -0.0167 e. The SMILES string of the molecule is C[Si-](c1ccccc1P(C1CCCCC1)C1CCCCC1)c1ccccc1P(C1CCCCC1)C1CCCCC1. The van der Waals surface area contributed by atoms with Crippen molar-refractivity contribution < 1.29 is 0 Å². The Morgan fingerprint density at radius 1 is 0.425 bits per heavy atom. The van der Waals surface area contributed by atoms with Gasteiger partial charge in [0.25, 0.3) is 0 Å². The summed E-state index contributed by atoms with van der Waals surface area (Å²) in [5, 5.41) is 7.35. The van der Waals surface area contributed by atoms with Crippen molar-refractivity contribution in [2.75, 3.05) is 0 Å². The molecule has 0 atom stereocenters. The average molecular weight is 590 g/mol. The summed E-state index contributed by atoms with van der Waals surface area (Å²) < 4.78 is 0. The monoisotopic (exact) mass is 589 g/mol. The highest BCUT2D eigenvalue weighted by Gasteiger charge is 2.34. The summed E-state index contributed by atoms with van der Waals surface area (Å²) in [5.41, 5.74) is 3.94. The Morgan fingerprint density at radius 3 is 1.00 bits per heavy atom. The molecular weight excluding hydrogens is 534 g/mol. The molecule has 0 radical (unpaired) electrons. The first-order valence-electron chi connectivity index (χ1n) is 17.4.